The second-order valence-electron chi connectivity index (χ2n) is 6.39. The number of thioether (sulfide) groups is 1. The minimum atomic E-state index is 0.0288. The van der Waals surface area contributed by atoms with Crippen LogP contribution in [0.3, 0.4) is 0 Å². The van der Waals surface area contributed by atoms with Crippen molar-refractivity contribution >= 4 is 17.7 Å². The first-order valence-corrected chi connectivity index (χ1v) is 9.40. The largest absolute Gasteiger partial charge is 0.340 e. The van der Waals surface area contributed by atoms with E-state index in [-0.39, 0.29) is 17.9 Å². The molecule has 1 aliphatic heterocycles. The molecule has 2 aromatic rings. The topological polar surface area (TPSA) is 46.3 Å². The predicted molar refractivity (Wildman–Crippen MR) is 100 cm³/mol. The van der Waals surface area contributed by atoms with Crippen molar-refractivity contribution in [3.05, 3.63) is 65.7 Å². The quantitative estimate of drug-likeness (QED) is 0.848. The van der Waals surface area contributed by atoms with Crippen molar-refractivity contribution < 1.29 is 4.79 Å². The zero-order valence-corrected chi connectivity index (χ0v) is 14.8. The molecule has 0 unspecified atom stereocenters. The van der Waals surface area contributed by atoms with Gasteiger partial charge in [-0.2, -0.15) is 0 Å². The maximum Gasteiger partial charge on any atom is 0.223 e. The predicted octanol–water partition coefficient (Wildman–Crippen LogP) is 3.43. The lowest BCUT2D eigenvalue weighted by molar-refractivity contribution is -0.129. The minimum Gasteiger partial charge on any atom is -0.340 e. The molecular formula is C20H24N2OS. The van der Waals surface area contributed by atoms with Crippen LogP contribution in [0.2, 0.25) is 0 Å². The smallest absolute Gasteiger partial charge is 0.223 e. The highest BCUT2D eigenvalue weighted by molar-refractivity contribution is 7.99. The fraction of sp³-hybridized carbons (Fsp3) is 0.350. The number of carbonyl (C=O) groups is 1. The molecule has 2 aromatic carbocycles. The van der Waals surface area contributed by atoms with E-state index in [0.29, 0.717) is 13.0 Å². The van der Waals surface area contributed by atoms with Crippen LogP contribution in [0.4, 0.5) is 0 Å². The van der Waals surface area contributed by atoms with Crippen LogP contribution in [0.15, 0.2) is 59.5 Å². The van der Waals surface area contributed by atoms with Crippen molar-refractivity contribution in [2.24, 2.45) is 5.73 Å². The van der Waals surface area contributed by atoms with E-state index in [1.165, 1.54) is 16.0 Å². The molecular weight excluding hydrogens is 316 g/mol. The van der Waals surface area contributed by atoms with Gasteiger partial charge >= 0.3 is 0 Å². The van der Waals surface area contributed by atoms with Crippen LogP contribution in [-0.4, -0.2) is 35.7 Å². The molecule has 126 valence electrons. The molecule has 2 N–H and O–H groups in total. The summed E-state index contributed by atoms with van der Waals surface area (Å²) in [6.45, 7) is 3.48. The van der Waals surface area contributed by atoms with Crippen LogP contribution in [-0.2, 0) is 4.79 Å². The highest BCUT2D eigenvalue weighted by Crippen LogP contribution is 2.27. The summed E-state index contributed by atoms with van der Waals surface area (Å²) >= 11 is 1.74. The number of nitrogens with zero attached hydrogens (tertiary/aromatic N) is 1. The van der Waals surface area contributed by atoms with Crippen molar-refractivity contribution in [2.75, 3.05) is 18.8 Å². The van der Waals surface area contributed by atoms with E-state index in [2.05, 4.69) is 43.3 Å². The molecule has 0 bridgehead atoms. The molecule has 1 amide bonds. The zero-order valence-electron chi connectivity index (χ0n) is 14.0. The molecule has 3 nitrogen and oxygen atoms in total. The lowest BCUT2D eigenvalue weighted by Gasteiger charge is -2.16. The Balaban J connectivity index is 1.50. The Morgan fingerprint density at radius 2 is 1.83 bits per heavy atom. The molecule has 0 aliphatic carbocycles. The number of aryl methyl sites for hydroxylation is 1. The van der Waals surface area contributed by atoms with Gasteiger partial charge in [0.2, 0.25) is 5.91 Å². The summed E-state index contributed by atoms with van der Waals surface area (Å²) < 4.78 is 0. The van der Waals surface area contributed by atoms with E-state index in [1.807, 2.05) is 23.1 Å². The third kappa shape index (κ3) is 4.19. The molecule has 4 heteroatoms. The average Bonchev–Trinajstić information content (AvgIpc) is 2.99. The molecule has 0 spiro atoms. The Kier molecular flexibility index (Phi) is 5.59. The molecule has 1 heterocycles. The number of amides is 1. The van der Waals surface area contributed by atoms with Crippen LogP contribution < -0.4 is 5.73 Å². The molecule has 1 aliphatic rings. The molecule has 24 heavy (non-hydrogen) atoms. The van der Waals surface area contributed by atoms with E-state index in [9.17, 15) is 4.79 Å². The molecule has 1 fully saturated rings. The fourth-order valence-corrected chi connectivity index (χ4v) is 3.98. The number of likely N-dealkylation sites (tertiary alicyclic amines) is 1. The molecule has 0 saturated carbocycles. The molecule has 1 saturated heterocycles. The Bertz CT molecular complexity index is 672. The first-order chi connectivity index (χ1) is 11.6. The van der Waals surface area contributed by atoms with Gasteiger partial charge in [-0.15, -0.1) is 11.8 Å². The second kappa shape index (κ2) is 7.86. The standard InChI is InChI=1S/C20H24N2OS/c1-15-7-9-17(10-8-15)24-12-11-20(23)22-13-18(19(21)14-22)16-5-3-2-4-6-16/h2-10,18-19H,11-14,21H2,1H3/t18-,19+/m0/s1. The van der Waals surface area contributed by atoms with Gasteiger partial charge in [0.05, 0.1) is 0 Å². The number of nitrogens with two attached hydrogens (primary N) is 1. The third-order valence-corrected chi connectivity index (χ3v) is 5.56. The number of hydrogen-bond donors (Lipinski definition) is 1. The van der Waals surface area contributed by atoms with Crippen molar-refractivity contribution in [1.82, 2.24) is 4.90 Å². The highest BCUT2D eigenvalue weighted by atomic mass is 32.2. The van der Waals surface area contributed by atoms with E-state index < -0.39 is 0 Å². The monoisotopic (exact) mass is 340 g/mol. The maximum absolute atomic E-state index is 12.5. The number of hydrogen-bond acceptors (Lipinski definition) is 3. The summed E-state index contributed by atoms with van der Waals surface area (Å²) in [7, 11) is 0. The lowest BCUT2D eigenvalue weighted by Crippen LogP contribution is -2.32. The summed E-state index contributed by atoms with van der Waals surface area (Å²) in [5.74, 6) is 1.27. The van der Waals surface area contributed by atoms with Crippen molar-refractivity contribution in [1.29, 1.82) is 0 Å². The van der Waals surface area contributed by atoms with Crippen LogP contribution in [0.25, 0.3) is 0 Å². The zero-order chi connectivity index (χ0) is 16.9. The van der Waals surface area contributed by atoms with Gasteiger partial charge in [0.25, 0.3) is 0 Å². The first-order valence-electron chi connectivity index (χ1n) is 8.41. The number of benzene rings is 2. The van der Waals surface area contributed by atoms with Crippen LogP contribution in [0, 0.1) is 6.92 Å². The Hall–Kier alpha value is -1.78. The molecule has 0 aromatic heterocycles. The van der Waals surface area contributed by atoms with E-state index in [1.54, 1.807) is 11.8 Å². The van der Waals surface area contributed by atoms with Gasteiger partial charge in [0, 0.05) is 42.1 Å². The van der Waals surface area contributed by atoms with Gasteiger partial charge < -0.3 is 10.6 Å². The van der Waals surface area contributed by atoms with E-state index in [0.717, 1.165) is 12.3 Å². The van der Waals surface area contributed by atoms with Gasteiger partial charge in [0.1, 0.15) is 0 Å². The van der Waals surface area contributed by atoms with Gasteiger partial charge in [-0.3, -0.25) is 4.79 Å². The summed E-state index contributed by atoms with van der Waals surface area (Å²) in [6, 6.07) is 18.7. The van der Waals surface area contributed by atoms with Crippen LogP contribution in [0.5, 0.6) is 0 Å². The van der Waals surface area contributed by atoms with Crippen molar-refractivity contribution in [3.63, 3.8) is 0 Å². The Morgan fingerprint density at radius 1 is 1.12 bits per heavy atom. The summed E-state index contributed by atoms with van der Waals surface area (Å²) in [5, 5.41) is 0. The Labute approximate surface area is 148 Å². The van der Waals surface area contributed by atoms with Gasteiger partial charge in [-0.25, -0.2) is 0 Å². The van der Waals surface area contributed by atoms with Crippen LogP contribution in [0.1, 0.15) is 23.5 Å². The van der Waals surface area contributed by atoms with Crippen molar-refractivity contribution in [2.45, 2.75) is 30.2 Å². The molecule has 3 rings (SSSR count). The Morgan fingerprint density at radius 3 is 2.54 bits per heavy atom. The SMILES string of the molecule is Cc1ccc(SCCC(=O)N2C[C@@H](N)[C@H](c3ccccc3)C2)cc1. The normalized spacial score (nSPS) is 20.3. The average molecular weight is 340 g/mol. The number of carbonyl (C=O) groups excluding carboxylic acids is 1. The fourth-order valence-electron chi connectivity index (χ4n) is 3.13. The highest BCUT2D eigenvalue weighted by Gasteiger charge is 2.33. The summed E-state index contributed by atoms with van der Waals surface area (Å²) in [5.41, 5.74) is 8.76. The summed E-state index contributed by atoms with van der Waals surface area (Å²) in [4.78, 5) is 15.6. The molecule has 0 radical (unpaired) electrons. The maximum atomic E-state index is 12.5. The number of rotatable bonds is 5. The van der Waals surface area contributed by atoms with E-state index >= 15 is 0 Å². The van der Waals surface area contributed by atoms with Gasteiger partial charge in [0.15, 0.2) is 0 Å². The minimum absolute atomic E-state index is 0.0288. The molecule has 2 atom stereocenters. The van der Waals surface area contributed by atoms with Crippen LogP contribution >= 0.6 is 11.8 Å². The first kappa shape index (κ1) is 17.1. The van der Waals surface area contributed by atoms with E-state index in [4.69, 9.17) is 5.73 Å². The summed E-state index contributed by atoms with van der Waals surface area (Å²) in [6.07, 6.45) is 0.562. The third-order valence-electron chi connectivity index (χ3n) is 4.55. The van der Waals surface area contributed by atoms with Crippen molar-refractivity contribution in [3.8, 4) is 0 Å². The lowest BCUT2D eigenvalue weighted by atomic mass is 9.95. The van der Waals surface area contributed by atoms with Gasteiger partial charge in [-0.1, -0.05) is 48.0 Å². The van der Waals surface area contributed by atoms with Gasteiger partial charge in [-0.05, 0) is 24.6 Å². The second-order valence-corrected chi connectivity index (χ2v) is 7.56.